The number of methoxy groups -OCH3 is 2. The van der Waals surface area contributed by atoms with E-state index in [1.54, 1.807) is 21.1 Å². The van der Waals surface area contributed by atoms with E-state index in [0.29, 0.717) is 24.0 Å². The van der Waals surface area contributed by atoms with Crippen molar-refractivity contribution in [2.45, 2.75) is 32.2 Å². The predicted molar refractivity (Wildman–Crippen MR) is 93.7 cm³/mol. The van der Waals surface area contributed by atoms with E-state index in [1.807, 2.05) is 28.0 Å². The fourth-order valence-corrected chi connectivity index (χ4v) is 3.93. The Morgan fingerprint density at radius 1 is 1.12 bits per heavy atom. The van der Waals surface area contributed by atoms with Gasteiger partial charge in [-0.3, -0.25) is 9.59 Å². The Hall–Kier alpha value is -2.24. The first kappa shape index (κ1) is 17.6. The third-order valence-corrected chi connectivity index (χ3v) is 5.31. The maximum atomic E-state index is 13.0. The minimum atomic E-state index is 0.0895. The molecule has 0 aliphatic carbocycles. The van der Waals surface area contributed by atoms with Crippen LogP contribution in [0.15, 0.2) is 18.2 Å². The maximum Gasteiger partial charge on any atom is 0.227 e. The summed E-state index contributed by atoms with van der Waals surface area (Å²) in [6.45, 7) is 3.75. The molecule has 136 valence electrons. The standard InChI is InChI=1S/C19H26N2O4/c1-13(22)20-10-14-4-5-16(12-20)21(11-14)19(23)9-15-8-17(24-2)6-7-18(15)25-3/h6-8,14,16H,4-5,9-12H2,1-3H3/t14-,16+/m0/s1. The van der Waals surface area contributed by atoms with E-state index < -0.39 is 0 Å². The smallest absolute Gasteiger partial charge is 0.227 e. The van der Waals surface area contributed by atoms with Gasteiger partial charge in [0.2, 0.25) is 11.8 Å². The molecule has 1 aromatic carbocycles. The van der Waals surface area contributed by atoms with Crippen molar-refractivity contribution >= 4 is 11.8 Å². The molecule has 0 radical (unpaired) electrons. The van der Waals surface area contributed by atoms with E-state index in [4.69, 9.17) is 9.47 Å². The zero-order valence-electron chi connectivity index (χ0n) is 15.2. The highest BCUT2D eigenvalue weighted by atomic mass is 16.5. The normalized spacial score (nSPS) is 22.5. The third kappa shape index (κ3) is 3.72. The molecule has 4 rings (SSSR count). The number of benzene rings is 1. The summed E-state index contributed by atoms with van der Waals surface area (Å²) in [7, 11) is 3.21. The van der Waals surface area contributed by atoms with E-state index >= 15 is 0 Å². The van der Waals surface area contributed by atoms with E-state index in [0.717, 1.165) is 31.5 Å². The lowest BCUT2D eigenvalue weighted by molar-refractivity contribution is -0.135. The number of carbonyl (C=O) groups excluding carboxylic acids is 2. The Morgan fingerprint density at radius 2 is 1.92 bits per heavy atom. The number of amides is 2. The van der Waals surface area contributed by atoms with Gasteiger partial charge in [0.1, 0.15) is 11.5 Å². The van der Waals surface area contributed by atoms with Gasteiger partial charge >= 0.3 is 0 Å². The molecule has 3 aliphatic heterocycles. The SMILES string of the molecule is COc1ccc(OC)c(CC(=O)N2C[C@H]3CC[C@@H]2CN(C(C)=O)C3)c1. The van der Waals surface area contributed by atoms with Crippen molar-refractivity contribution in [3.05, 3.63) is 23.8 Å². The lowest BCUT2D eigenvalue weighted by Crippen LogP contribution is -2.48. The van der Waals surface area contributed by atoms with Gasteiger partial charge < -0.3 is 19.3 Å². The maximum absolute atomic E-state index is 13.0. The van der Waals surface area contributed by atoms with Gasteiger partial charge in [0, 0.05) is 38.2 Å². The molecule has 3 aliphatic rings. The largest absolute Gasteiger partial charge is 0.497 e. The van der Waals surface area contributed by atoms with Gasteiger partial charge in [0.15, 0.2) is 0 Å². The van der Waals surface area contributed by atoms with E-state index in [-0.39, 0.29) is 24.3 Å². The van der Waals surface area contributed by atoms with Crippen LogP contribution in [0.4, 0.5) is 0 Å². The molecular weight excluding hydrogens is 320 g/mol. The fourth-order valence-electron chi connectivity index (χ4n) is 3.93. The molecule has 3 saturated heterocycles. The molecule has 0 spiro atoms. The first-order chi connectivity index (χ1) is 12.0. The number of hydrogen-bond acceptors (Lipinski definition) is 4. The molecule has 0 aromatic heterocycles. The molecule has 2 amide bonds. The van der Waals surface area contributed by atoms with Crippen LogP contribution in [0.3, 0.4) is 0 Å². The van der Waals surface area contributed by atoms with Crippen LogP contribution < -0.4 is 9.47 Å². The van der Waals surface area contributed by atoms with Crippen molar-refractivity contribution in [2.75, 3.05) is 33.9 Å². The Bertz CT molecular complexity index is 661. The number of nitrogens with zero attached hydrogens (tertiary/aromatic N) is 2. The number of piperidine rings is 1. The van der Waals surface area contributed by atoms with Gasteiger partial charge in [-0.2, -0.15) is 0 Å². The second-order valence-corrected chi connectivity index (χ2v) is 6.92. The topological polar surface area (TPSA) is 59.1 Å². The summed E-state index contributed by atoms with van der Waals surface area (Å²) >= 11 is 0. The highest BCUT2D eigenvalue weighted by Crippen LogP contribution is 2.30. The van der Waals surface area contributed by atoms with Crippen molar-refractivity contribution in [3.63, 3.8) is 0 Å². The third-order valence-electron chi connectivity index (χ3n) is 5.31. The zero-order valence-corrected chi connectivity index (χ0v) is 15.2. The summed E-state index contributed by atoms with van der Waals surface area (Å²) in [5.41, 5.74) is 0.829. The van der Waals surface area contributed by atoms with E-state index in [2.05, 4.69) is 0 Å². The second-order valence-electron chi connectivity index (χ2n) is 6.92. The molecule has 1 aromatic rings. The highest BCUT2D eigenvalue weighted by molar-refractivity contribution is 5.80. The van der Waals surface area contributed by atoms with Gasteiger partial charge in [-0.1, -0.05) is 0 Å². The minimum absolute atomic E-state index is 0.0895. The number of fused-ring (bicyclic) bond motifs is 4. The van der Waals surface area contributed by atoms with Gasteiger partial charge in [0.05, 0.1) is 20.6 Å². The molecule has 2 bridgehead atoms. The van der Waals surface area contributed by atoms with Crippen molar-refractivity contribution in [1.29, 1.82) is 0 Å². The fraction of sp³-hybridized carbons (Fsp3) is 0.579. The van der Waals surface area contributed by atoms with Crippen molar-refractivity contribution in [3.8, 4) is 11.5 Å². The van der Waals surface area contributed by atoms with Crippen molar-refractivity contribution in [1.82, 2.24) is 9.80 Å². The monoisotopic (exact) mass is 346 g/mol. The quantitative estimate of drug-likeness (QED) is 0.833. The summed E-state index contributed by atoms with van der Waals surface area (Å²) in [5.74, 6) is 1.97. The van der Waals surface area contributed by atoms with Crippen LogP contribution >= 0.6 is 0 Å². The Kier molecular flexibility index (Phi) is 5.16. The number of carbonyl (C=O) groups is 2. The molecule has 0 saturated carbocycles. The van der Waals surface area contributed by atoms with Gasteiger partial charge in [-0.05, 0) is 37.0 Å². The molecular formula is C19H26N2O4. The first-order valence-electron chi connectivity index (χ1n) is 8.77. The van der Waals surface area contributed by atoms with Gasteiger partial charge in [-0.25, -0.2) is 0 Å². The lowest BCUT2D eigenvalue weighted by atomic mass is 9.94. The first-order valence-corrected chi connectivity index (χ1v) is 8.77. The van der Waals surface area contributed by atoms with Crippen LogP contribution in [0.1, 0.15) is 25.3 Å². The molecule has 6 nitrogen and oxygen atoms in total. The van der Waals surface area contributed by atoms with Crippen LogP contribution in [-0.4, -0.2) is 61.5 Å². The summed E-state index contributed by atoms with van der Waals surface area (Å²) in [5, 5.41) is 0. The van der Waals surface area contributed by atoms with E-state index in [9.17, 15) is 9.59 Å². The van der Waals surface area contributed by atoms with Crippen molar-refractivity contribution in [2.24, 2.45) is 5.92 Å². The summed E-state index contributed by atoms with van der Waals surface area (Å²) in [6, 6.07) is 5.62. The molecule has 0 unspecified atom stereocenters. The van der Waals surface area contributed by atoms with Crippen LogP contribution in [0.2, 0.25) is 0 Å². The Balaban J connectivity index is 1.77. The zero-order chi connectivity index (χ0) is 18.0. The highest BCUT2D eigenvalue weighted by Gasteiger charge is 2.37. The van der Waals surface area contributed by atoms with Crippen LogP contribution in [0.25, 0.3) is 0 Å². The summed E-state index contributed by atoms with van der Waals surface area (Å²) in [4.78, 5) is 28.6. The number of hydrogen-bond donors (Lipinski definition) is 0. The molecule has 6 heteroatoms. The molecule has 3 fully saturated rings. The summed E-state index contributed by atoms with van der Waals surface area (Å²) in [6.07, 6.45) is 2.33. The van der Waals surface area contributed by atoms with Crippen LogP contribution in [0, 0.1) is 5.92 Å². The average molecular weight is 346 g/mol. The second kappa shape index (κ2) is 7.33. The van der Waals surface area contributed by atoms with Crippen LogP contribution in [-0.2, 0) is 16.0 Å². The average Bonchev–Trinajstić information content (AvgIpc) is 2.93. The molecule has 3 heterocycles. The minimum Gasteiger partial charge on any atom is -0.497 e. The van der Waals surface area contributed by atoms with Crippen molar-refractivity contribution < 1.29 is 19.1 Å². The van der Waals surface area contributed by atoms with Gasteiger partial charge in [-0.15, -0.1) is 0 Å². The van der Waals surface area contributed by atoms with Gasteiger partial charge in [0.25, 0.3) is 0 Å². The predicted octanol–water partition coefficient (Wildman–Crippen LogP) is 1.72. The number of rotatable bonds is 4. The number of ether oxygens (including phenoxy) is 2. The Labute approximate surface area is 148 Å². The van der Waals surface area contributed by atoms with E-state index in [1.165, 1.54) is 0 Å². The molecule has 25 heavy (non-hydrogen) atoms. The molecule has 0 N–H and O–H groups in total. The van der Waals surface area contributed by atoms with Crippen LogP contribution in [0.5, 0.6) is 11.5 Å². The molecule has 2 atom stereocenters. The lowest BCUT2D eigenvalue weighted by Gasteiger charge is -2.36. The summed E-state index contributed by atoms with van der Waals surface area (Å²) < 4.78 is 10.7. The Morgan fingerprint density at radius 3 is 2.60 bits per heavy atom.